The summed E-state index contributed by atoms with van der Waals surface area (Å²) < 4.78 is 1.65. The summed E-state index contributed by atoms with van der Waals surface area (Å²) in [5.41, 5.74) is 4.61. The second-order valence-corrected chi connectivity index (χ2v) is 8.83. The molecule has 8 heteroatoms. The van der Waals surface area contributed by atoms with Crippen molar-refractivity contribution >= 4 is 23.4 Å². The van der Waals surface area contributed by atoms with Crippen molar-refractivity contribution in [3.8, 4) is 11.3 Å². The summed E-state index contributed by atoms with van der Waals surface area (Å²) >= 11 is 0. The number of amides is 3. The Morgan fingerprint density at radius 3 is 2.64 bits per heavy atom. The number of benzene rings is 2. The minimum atomic E-state index is -0.536. The third-order valence-electron chi connectivity index (χ3n) is 6.56. The van der Waals surface area contributed by atoms with E-state index in [1.807, 2.05) is 68.4 Å². The monoisotopic (exact) mass is 444 g/mol. The summed E-state index contributed by atoms with van der Waals surface area (Å²) in [5, 5.41) is 17.1. The SMILES string of the molecule is Cc1ccc(NC(=O)Nc2cc(-c3ccccc3)nn2C2NC(=O)C3CCCC3N2)cc1C. The quantitative estimate of drug-likeness (QED) is 0.486. The Kier molecular flexibility index (Phi) is 5.60. The number of urea groups is 1. The number of hydrogen-bond acceptors (Lipinski definition) is 4. The van der Waals surface area contributed by atoms with Crippen LogP contribution in [0.4, 0.5) is 16.3 Å². The zero-order valence-electron chi connectivity index (χ0n) is 18.8. The molecule has 5 rings (SSSR count). The van der Waals surface area contributed by atoms with Crippen LogP contribution in [0.25, 0.3) is 11.3 Å². The third kappa shape index (κ3) is 4.34. The first-order valence-electron chi connectivity index (χ1n) is 11.3. The Labute approximate surface area is 192 Å². The maximum atomic E-state index is 12.8. The van der Waals surface area contributed by atoms with Gasteiger partial charge < -0.3 is 10.6 Å². The molecule has 170 valence electrons. The van der Waals surface area contributed by atoms with Crippen LogP contribution in [0.1, 0.15) is 36.7 Å². The maximum Gasteiger partial charge on any atom is 0.324 e. The standard InChI is InChI=1S/C25H28N6O2/c1-15-11-12-18(13-16(15)2)26-25(33)28-22-14-21(17-7-4-3-5-8-17)30-31(22)24-27-20-10-6-9-19(20)23(32)29-24/h3-5,7-8,11-14,19-20,24,27H,6,9-10H2,1-2H3,(H,29,32)(H2,26,28,33). The lowest BCUT2D eigenvalue weighted by molar-refractivity contribution is -0.130. The smallest absolute Gasteiger partial charge is 0.322 e. The van der Waals surface area contributed by atoms with E-state index < -0.39 is 6.29 Å². The summed E-state index contributed by atoms with van der Waals surface area (Å²) in [6.45, 7) is 4.04. The molecule has 1 saturated heterocycles. The number of fused-ring (bicyclic) bond motifs is 1. The minimum Gasteiger partial charge on any atom is -0.322 e. The highest BCUT2D eigenvalue weighted by molar-refractivity contribution is 5.99. The Bertz CT molecular complexity index is 1190. The van der Waals surface area contributed by atoms with Crippen LogP contribution < -0.4 is 21.3 Å². The molecule has 1 aliphatic heterocycles. The molecule has 2 fully saturated rings. The van der Waals surface area contributed by atoms with Crippen molar-refractivity contribution in [2.45, 2.75) is 45.4 Å². The maximum absolute atomic E-state index is 12.8. The molecule has 3 amide bonds. The van der Waals surface area contributed by atoms with Crippen LogP contribution in [0.3, 0.4) is 0 Å². The first-order chi connectivity index (χ1) is 16.0. The van der Waals surface area contributed by atoms with Gasteiger partial charge in [0.2, 0.25) is 5.91 Å². The molecule has 1 aliphatic carbocycles. The van der Waals surface area contributed by atoms with Gasteiger partial charge in [0.1, 0.15) is 5.82 Å². The number of anilines is 2. The number of rotatable bonds is 4. The van der Waals surface area contributed by atoms with Gasteiger partial charge in [0.25, 0.3) is 0 Å². The molecule has 3 aromatic rings. The fourth-order valence-electron chi connectivity index (χ4n) is 4.62. The van der Waals surface area contributed by atoms with Crippen LogP contribution in [-0.2, 0) is 4.79 Å². The molecule has 3 unspecified atom stereocenters. The van der Waals surface area contributed by atoms with Crippen molar-refractivity contribution in [2.75, 3.05) is 10.6 Å². The van der Waals surface area contributed by atoms with E-state index in [0.29, 0.717) is 17.2 Å². The molecule has 2 heterocycles. The lowest BCUT2D eigenvalue weighted by Crippen LogP contribution is -2.57. The van der Waals surface area contributed by atoms with Crippen LogP contribution in [0, 0.1) is 19.8 Å². The van der Waals surface area contributed by atoms with Crippen molar-refractivity contribution in [1.29, 1.82) is 0 Å². The minimum absolute atomic E-state index is 0.00473. The van der Waals surface area contributed by atoms with E-state index in [9.17, 15) is 9.59 Å². The lowest BCUT2D eigenvalue weighted by Gasteiger charge is -2.34. The molecule has 2 aliphatic rings. The van der Waals surface area contributed by atoms with Gasteiger partial charge in [0, 0.05) is 23.4 Å². The third-order valence-corrected chi connectivity index (χ3v) is 6.56. The van der Waals surface area contributed by atoms with Crippen molar-refractivity contribution in [1.82, 2.24) is 20.4 Å². The van der Waals surface area contributed by atoms with E-state index in [4.69, 9.17) is 5.10 Å². The predicted octanol–water partition coefficient (Wildman–Crippen LogP) is 4.16. The largest absolute Gasteiger partial charge is 0.324 e. The fraction of sp³-hybridized carbons (Fsp3) is 0.320. The van der Waals surface area contributed by atoms with Crippen molar-refractivity contribution in [3.05, 3.63) is 65.7 Å². The Hall–Kier alpha value is -3.65. The molecular formula is C25H28N6O2. The molecule has 1 aromatic heterocycles. The highest BCUT2D eigenvalue weighted by Crippen LogP contribution is 2.32. The lowest BCUT2D eigenvalue weighted by atomic mass is 10.0. The van der Waals surface area contributed by atoms with Crippen LogP contribution in [-0.4, -0.2) is 27.8 Å². The van der Waals surface area contributed by atoms with Gasteiger partial charge in [0.05, 0.1) is 11.6 Å². The Morgan fingerprint density at radius 2 is 1.85 bits per heavy atom. The number of aromatic nitrogens is 2. The normalized spacial score (nSPS) is 21.9. The predicted molar refractivity (Wildman–Crippen MR) is 128 cm³/mol. The number of carbonyl (C=O) groups is 2. The number of nitrogens with one attached hydrogen (secondary N) is 4. The van der Waals surface area contributed by atoms with Crippen molar-refractivity contribution in [3.63, 3.8) is 0 Å². The molecule has 4 N–H and O–H groups in total. The van der Waals surface area contributed by atoms with Crippen molar-refractivity contribution < 1.29 is 9.59 Å². The molecule has 33 heavy (non-hydrogen) atoms. The van der Waals surface area contributed by atoms with Gasteiger partial charge in [-0.05, 0) is 49.9 Å². The van der Waals surface area contributed by atoms with E-state index in [0.717, 1.165) is 36.0 Å². The highest BCUT2D eigenvalue weighted by atomic mass is 16.2. The molecular weight excluding hydrogens is 416 g/mol. The molecule has 0 bridgehead atoms. The van der Waals surface area contributed by atoms with Gasteiger partial charge in [0.15, 0.2) is 6.29 Å². The van der Waals surface area contributed by atoms with Crippen LogP contribution >= 0.6 is 0 Å². The molecule has 1 saturated carbocycles. The molecule has 2 aromatic carbocycles. The molecule has 3 atom stereocenters. The van der Waals surface area contributed by atoms with Crippen LogP contribution in [0.5, 0.6) is 0 Å². The second-order valence-electron chi connectivity index (χ2n) is 8.83. The summed E-state index contributed by atoms with van der Waals surface area (Å²) in [5.74, 6) is 0.517. The van der Waals surface area contributed by atoms with Crippen LogP contribution in [0.15, 0.2) is 54.6 Å². The first-order valence-corrected chi connectivity index (χ1v) is 11.3. The summed E-state index contributed by atoms with van der Waals surface area (Å²) in [4.78, 5) is 25.5. The van der Waals surface area contributed by atoms with E-state index >= 15 is 0 Å². The van der Waals surface area contributed by atoms with E-state index in [2.05, 4.69) is 21.3 Å². The van der Waals surface area contributed by atoms with E-state index in [-0.39, 0.29) is 23.9 Å². The molecule has 0 spiro atoms. The van der Waals surface area contributed by atoms with E-state index in [1.54, 1.807) is 4.68 Å². The van der Waals surface area contributed by atoms with Crippen molar-refractivity contribution in [2.24, 2.45) is 5.92 Å². The van der Waals surface area contributed by atoms with Gasteiger partial charge in [-0.3, -0.25) is 15.4 Å². The number of nitrogens with zero attached hydrogens (tertiary/aromatic N) is 2. The second kappa shape index (κ2) is 8.71. The number of carbonyl (C=O) groups excluding carboxylic acids is 2. The first kappa shape index (κ1) is 21.2. The van der Waals surface area contributed by atoms with E-state index in [1.165, 1.54) is 0 Å². The number of aryl methyl sites for hydroxylation is 2. The highest BCUT2D eigenvalue weighted by Gasteiger charge is 2.40. The molecule has 8 nitrogen and oxygen atoms in total. The summed E-state index contributed by atoms with van der Waals surface area (Å²) in [7, 11) is 0. The van der Waals surface area contributed by atoms with Crippen LogP contribution in [0.2, 0.25) is 0 Å². The average Bonchev–Trinajstić information content (AvgIpc) is 3.44. The average molecular weight is 445 g/mol. The topological polar surface area (TPSA) is 100 Å². The van der Waals surface area contributed by atoms with Gasteiger partial charge in [-0.25, -0.2) is 9.48 Å². The van der Waals surface area contributed by atoms with Gasteiger partial charge in [-0.15, -0.1) is 0 Å². The van der Waals surface area contributed by atoms with Gasteiger partial charge in [-0.2, -0.15) is 5.10 Å². The Morgan fingerprint density at radius 1 is 1.03 bits per heavy atom. The number of hydrogen-bond donors (Lipinski definition) is 4. The Balaban J connectivity index is 1.42. The van der Waals surface area contributed by atoms with Gasteiger partial charge >= 0.3 is 6.03 Å². The molecule has 0 radical (unpaired) electrons. The summed E-state index contributed by atoms with van der Waals surface area (Å²) in [6.07, 6.45) is 2.34. The summed E-state index contributed by atoms with van der Waals surface area (Å²) in [6, 6.07) is 17.1. The zero-order chi connectivity index (χ0) is 22.9. The zero-order valence-corrected chi connectivity index (χ0v) is 18.8. The fourth-order valence-corrected chi connectivity index (χ4v) is 4.62. The van der Waals surface area contributed by atoms with Gasteiger partial charge in [-0.1, -0.05) is 42.8 Å².